The number of nitrogens with one attached hydrogen (secondary N) is 2. The normalized spacial score (nSPS) is 11.8. The Morgan fingerprint density at radius 1 is 0.971 bits per heavy atom. The van der Waals surface area contributed by atoms with Gasteiger partial charge in [-0.05, 0) is 56.2 Å². The van der Waals surface area contributed by atoms with E-state index in [0.717, 1.165) is 22.2 Å². The van der Waals surface area contributed by atoms with Crippen molar-refractivity contribution in [1.29, 1.82) is 0 Å². The highest BCUT2D eigenvalue weighted by Crippen LogP contribution is 2.31. The number of nitrogens with zero attached hydrogens (tertiary/aromatic N) is 3. The van der Waals surface area contributed by atoms with Gasteiger partial charge in [-0.1, -0.05) is 83.0 Å². The van der Waals surface area contributed by atoms with Crippen LogP contribution < -0.4 is 10.6 Å². The van der Waals surface area contributed by atoms with Crippen LogP contribution in [0, 0.1) is 13.8 Å². The third-order valence-corrected chi connectivity index (χ3v) is 7.11. The van der Waals surface area contributed by atoms with E-state index in [1.165, 1.54) is 11.1 Å². The fraction of sp³-hybridized carbons (Fsp3) is 0.192. The molecule has 4 aromatic rings. The second-order valence-corrected chi connectivity index (χ2v) is 9.90. The topological polar surface area (TPSA) is 71.8 Å². The van der Waals surface area contributed by atoms with E-state index in [1.54, 1.807) is 30.0 Å². The van der Waals surface area contributed by atoms with Crippen LogP contribution in [0.15, 0.2) is 71.9 Å². The van der Waals surface area contributed by atoms with Gasteiger partial charge in [-0.2, -0.15) is 0 Å². The highest BCUT2D eigenvalue weighted by molar-refractivity contribution is 7.98. The smallest absolute Gasteiger partial charge is 0.319 e. The van der Waals surface area contributed by atoms with Gasteiger partial charge < -0.3 is 10.6 Å². The van der Waals surface area contributed by atoms with Crippen LogP contribution in [-0.4, -0.2) is 20.8 Å². The summed E-state index contributed by atoms with van der Waals surface area (Å²) in [5.74, 6) is 1.37. The Morgan fingerprint density at radius 2 is 1.66 bits per heavy atom. The summed E-state index contributed by atoms with van der Waals surface area (Å²) >= 11 is 14.0. The number of thioether (sulfide) groups is 1. The third kappa shape index (κ3) is 5.99. The number of aryl methyl sites for hydroxylation is 2. The van der Waals surface area contributed by atoms with E-state index in [9.17, 15) is 4.79 Å². The number of para-hydroxylation sites is 1. The fourth-order valence-corrected chi connectivity index (χ4v) is 5.06. The number of rotatable bonds is 7. The zero-order chi connectivity index (χ0) is 24.9. The predicted molar refractivity (Wildman–Crippen MR) is 144 cm³/mol. The lowest BCUT2D eigenvalue weighted by Gasteiger charge is -2.17. The lowest BCUT2D eigenvalue weighted by molar-refractivity contribution is 0.249. The van der Waals surface area contributed by atoms with Crippen molar-refractivity contribution in [2.75, 3.05) is 5.32 Å². The van der Waals surface area contributed by atoms with Gasteiger partial charge in [-0.15, -0.1) is 10.2 Å². The van der Waals surface area contributed by atoms with Gasteiger partial charge in [0.1, 0.15) is 0 Å². The first-order valence-electron chi connectivity index (χ1n) is 11.0. The van der Waals surface area contributed by atoms with E-state index in [4.69, 9.17) is 23.2 Å². The molecule has 0 saturated heterocycles. The van der Waals surface area contributed by atoms with E-state index >= 15 is 0 Å². The molecule has 0 aliphatic carbocycles. The molecule has 180 valence electrons. The molecule has 9 heteroatoms. The van der Waals surface area contributed by atoms with E-state index < -0.39 is 12.1 Å². The van der Waals surface area contributed by atoms with Crippen LogP contribution in [0.2, 0.25) is 10.0 Å². The Hall–Kier alpha value is -3.00. The number of anilines is 1. The number of hydrogen-bond acceptors (Lipinski definition) is 4. The molecule has 3 aromatic carbocycles. The van der Waals surface area contributed by atoms with Gasteiger partial charge in [-0.3, -0.25) is 4.57 Å². The van der Waals surface area contributed by atoms with Crippen molar-refractivity contribution in [2.45, 2.75) is 37.7 Å². The van der Waals surface area contributed by atoms with Crippen molar-refractivity contribution < 1.29 is 4.79 Å². The van der Waals surface area contributed by atoms with Crippen molar-refractivity contribution in [1.82, 2.24) is 20.1 Å². The molecule has 0 saturated carbocycles. The minimum Gasteiger partial charge on any atom is -0.328 e. The average Bonchev–Trinajstić information content (AvgIpc) is 3.25. The lowest BCUT2D eigenvalue weighted by atomic mass is 10.1. The van der Waals surface area contributed by atoms with Gasteiger partial charge in [0.15, 0.2) is 11.0 Å². The summed E-state index contributed by atoms with van der Waals surface area (Å²) in [6.07, 6.45) is 0. The van der Waals surface area contributed by atoms with Gasteiger partial charge in [-0.25, -0.2) is 4.79 Å². The van der Waals surface area contributed by atoms with Crippen LogP contribution in [0.3, 0.4) is 0 Å². The molecular formula is C26H25Cl2N5OS. The molecule has 0 bridgehead atoms. The summed E-state index contributed by atoms with van der Waals surface area (Å²) in [5, 5.41) is 16.0. The molecule has 6 nitrogen and oxygen atoms in total. The van der Waals surface area contributed by atoms with Crippen molar-refractivity contribution >= 4 is 46.7 Å². The summed E-state index contributed by atoms with van der Waals surface area (Å²) in [5.41, 5.74) is 4.90. The number of hydrogen-bond donors (Lipinski definition) is 2. The molecule has 0 unspecified atom stereocenters. The van der Waals surface area contributed by atoms with Crippen molar-refractivity contribution in [3.05, 3.63) is 99.3 Å². The first kappa shape index (κ1) is 25.1. The summed E-state index contributed by atoms with van der Waals surface area (Å²) in [4.78, 5) is 12.7. The standard InChI is InChI=1S/C26H25Cl2N5OS/c1-16-11-13-20(14-12-16)33-24(31-32-26(33)35-15-19-8-5-4-7-17(19)2)18(3)29-25(34)30-23-21(27)9-6-10-22(23)28/h4-14,18H,15H2,1-3H3,(H2,29,30,34)/t18-/m1/s1. The average molecular weight is 526 g/mol. The maximum absolute atomic E-state index is 12.7. The van der Waals surface area contributed by atoms with E-state index in [-0.39, 0.29) is 0 Å². The number of urea groups is 1. The second kappa shape index (κ2) is 11.2. The summed E-state index contributed by atoms with van der Waals surface area (Å²) < 4.78 is 1.98. The van der Waals surface area contributed by atoms with Crippen molar-refractivity contribution in [3.63, 3.8) is 0 Å². The number of benzene rings is 3. The molecule has 0 spiro atoms. The molecule has 1 aromatic heterocycles. The van der Waals surface area contributed by atoms with Crippen molar-refractivity contribution in [2.24, 2.45) is 0 Å². The van der Waals surface area contributed by atoms with Gasteiger partial charge in [0.25, 0.3) is 0 Å². The maximum atomic E-state index is 12.7. The number of halogens is 2. The zero-order valence-electron chi connectivity index (χ0n) is 19.5. The van der Waals surface area contributed by atoms with Gasteiger partial charge in [0.05, 0.1) is 21.8 Å². The van der Waals surface area contributed by atoms with Crippen LogP contribution in [0.4, 0.5) is 10.5 Å². The molecule has 4 rings (SSSR count). The van der Waals surface area contributed by atoms with Gasteiger partial charge in [0.2, 0.25) is 0 Å². The number of carbonyl (C=O) groups is 1. The third-order valence-electron chi connectivity index (χ3n) is 5.50. The predicted octanol–water partition coefficient (Wildman–Crippen LogP) is 7.37. The van der Waals surface area contributed by atoms with Gasteiger partial charge >= 0.3 is 6.03 Å². The highest BCUT2D eigenvalue weighted by atomic mass is 35.5. The maximum Gasteiger partial charge on any atom is 0.319 e. The largest absolute Gasteiger partial charge is 0.328 e. The summed E-state index contributed by atoms with van der Waals surface area (Å²) in [6.45, 7) is 6.00. The number of amides is 2. The molecule has 35 heavy (non-hydrogen) atoms. The Morgan fingerprint density at radius 3 is 2.34 bits per heavy atom. The summed E-state index contributed by atoms with van der Waals surface area (Å²) in [7, 11) is 0. The summed E-state index contributed by atoms with van der Waals surface area (Å²) in [6, 6.07) is 20.6. The Labute approximate surface area is 219 Å². The van der Waals surface area contributed by atoms with Crippen LogP contribution in [0.25, 0.3) is 5.69 Å². The highest BCUT2D eigenvalue weighted by Gasteiger charge is 2.22. The molecule has 2 N–H and O–H groups in total. The van der Waals surface area contributed by atoms with E-state index in [2.05, 4.69) is 39.9 Å². The molecule has 0 fully saturated rings. The molecule has 0 aliphatic heterocycles. The Kier molecular flexibility index (Phi) is 8.00. The van der Waals surface area contributed by atoms with Crippen LogP contribution in [0.5, 0.6) is 0 Å². The quantitative estimate of drug-likeness (QED) is 0.247. The zero-order valence-corrected chi connectivity index (χ0v) is 21.9. The fourth-order valence-electron chi connectivity index (χ4n) is 3.53. The SMILES string of the molecule is Cc1ccc(-n2c(SCc3ccccc3C)nnc2[C@@H](C)NC(=O)Nc2c(Cl)cccc2Cl)cc1. The van der Waals surface area contributed by atoms with Crippen LogP contribution >= 0.6 is 35.0 Å². The number of carbonyl (C=O) groups excluding carboxylic acids is 1. The Balaban J connectivity index is 1.59. The first-order chi connectivity index (χ1) is 16.8. The molecule has 2 amide bonds. The molecule has 0 radical (unpaired) electrons. The lowest BCUT2D eigenvalue weighted by Crippen LogP contribution is -2.32. The molecule has 0 aliphatic rings. The van der Waals surface area contributed by atoms with Crippen molar-refractivity contribution in [3.8, 4) is 5.69 Å². The van der Waals surface area contributed by atoms with E-state index in [1.807, 2.05) is 54.8 Å². The van der Waals surface area contributed by atoms with Crippen LogP contribution in [0.1, 0.15) is 35.5 Å². The minimum absolute atomic E-state index is 0.356. The van der Waals surface area contributed by atoms with Crippen LogP contribution in [-0.2, 0) is 5.75 Å². The molecular weight excluding hydrogens is 501 g/mol. The first-order valence-corrected chi connectivity index (χ1v) is 12.8. The second-order valence-electron chi connectivity index (χ2n) is 8.14. The number of aromatic nitrogens is 3. The minimum atomic E-state index is -0.446. The van der Waals surface area contributed by atoms with E-state index in [0.29, 0.717) is 21.6 Å². The molecule has 1 atom stereocenters. The Bertz CT molecular complexity index is 1320. The molecule has 1 heterocycles. The monoisotopic (exact) mass is 525 g/mol. The van der Waals surface area contributed by atoms with Gasteiger partial charge in [0, 0.05) is 11.4 Å².